The molecule has 4 N–H and O–H groups in total. The van der Waals surface area contributed by atoms with E-state index in [4.69, 9.17) is 11.6 Å². The summed E-state index contributed by atoms with van der Waals surface area (Å²) in [7, 11) is 0. The molecule has 2 aromatic carbocycles. The van der Waals surface area contributed by atoms with Crippen LogP contribution < -0.4 is 5.32 Å². The van der Waals surface area contributed by atoms with Crippen molar-refractivity contribution in [3.63, 3.8) is 0 Å². The van der Waals surface area contributed by atoms with Crippen LogP contribution in [0.15, 0.2) is 42.5 Å². The highest BCUT2D eigenvalue weighted by molar-refractivity contribution is 6.30. The second-order valence-electron chi connectivity index (χ2n) is 5.41. The van der Waals surface area contributed by atoms with Crippen LogP contribution in [0.4, 0.5) is 0 Å². The van der Waals surface area contributed by atoms with E-state index in [1.807, 2.05) is 19.1 Å². The quantitative estimate of drug-likeness (QED) is 0.617. The van der Waals surface area contributed by atoms with Crippen molar-refractivity contribution in [1.82, 2.24) is 5.32 Å². The molecular weight excluding hydrogens is 302 g/mol. The number of aliphatic hydroxyl groups is 1. The Morgan fingerprint density at radius 3 is 2.55 bits per heavy atom. The van der Waals surface area contributed by atoms with Gasteiger partial charge in [-0.05, 0) is 48.7 Å². The van der Waals surface area contributed by atoms with E-state index < -0.39 is 6.10 Å². The maximum absolute atomic E-state index is 10.1. The van der Waals surface area contributed by atoms with Gasteiger partial charge in [-0.1, -0.05) is 29.8 Å². The molecule has 2 aromatic rings. The molecule has 0 aliphatic rings. The molecule has 5 heteroatoms. The lowest BCUT2D eigenvalue weighted by molar-refractivity contribution is 0.170. The van der Waals surface area contributed by atoms with Crippen molar-refractivity contribution in [3.8, 4) is 11.5 Å². The van der Waals surface area contributed by atoms with Gasteiger partial charge in [0.25, 0.3) is 0 Å². The Balaban J connectivity index is 1.86. The van der Waals surface area contributed by atoms with Gasteiger partial charge in [-0.3, -0.25) is 0 Å². The van der Waals surface area contributed by atoms with Gasteiger partial charge < -0.3 is 20.6 Å². The molecule has 0 aromatic heterocycles. The molecular formula is C17H20ClNO3. The number of hydrogen-bond donors (Lipinski definition) is 4. The summed E-state index contributed by atoms with van der Waals surface area (Å²) in [5.74, 6) is -0.246. The number of aromatic hydroxyl groups is 2. The van der Waals surface area contributed by atoms with Crippen LogP contribution in [0.3, 0.4) is 0 Å². The molecule has 0 saturated carbocycles. The third-order valence-electron chi connectivity index (χ3n) is 3.47. The maximum atomic E-state index is 10.1. The largest absolute Gasteiger partial charge is 0.504 e. The highest BCUT2D eigenvalue weighted by Gasteiger charge is 2.11. The van der Waals surface area contributed by atoms with Crippen molar-refractivity contribution < 1.29 is 15.3 Å². The SMILES string of the molecule is C[C@H](Cc1ccc(O)c(O)c1)NC[C@H](O)c1cccc(Cl)c1. The van der Waals surface area contributed by atoms with E-state index >= 15 is 0 Å². The summed E-state index contributed by atoms with van der Waals surface area (Å²) < 4.78 is 0. The van der Waals surface area contributed by atoms with E-state index in [9.17, 15) is 15.3 Å². The van der Waals surface area contributed by atoms with Crippen LogP contribution >= 0.6 is 11.6 Å². The van der Waals surface area contributed by atoms with E-state index in [2.05, 4.69) is 5.32 Å². The van der Waals surface area contributed by atoms with Crippen LogP contribution in [0, 0.1) is 0 Å². The van der Waals surface area contributed by atoms with Crippen molar-refractivity contribution >= 4 is 11.6 Å². The van der Waals surface area contributed by atoms with Crippen LogP contribution in [-0.4, -0.2) is 27.9 Å². The normalized spacial score (nSPS) is 13.8. The van der Waals surface area contributed by atoms with E-state index in [1.54, 1.807) is 24.3 Å². The van der Waals surface area contributed by atoms with Crippen LogP contribution in [0.25, 0.3) is 0 Å². The van der Waals surface area contributed by atoms with Crippen molar-refractivity contribution in [2.24, 2.45) is 0 Å². The minimum Gasteiger partial charge on any atom is -0.504 e. The van der Waals surface area contributed by atoms with E-state index in [0.717, 1.165) is 11.1 Å². The monoisotopic (exact) mass is 321 g/mol. The first-order chi connectivity index (χ1) is 10.5. The van der Waals surface area contributed by atoms with Gasteiger partial charge in [-0.15, -0.1) is 0 Å². The molecule has 22 heavy (non-hydrogen) atoms. The highest BCUT2D eigenvalue weighted by Crippen LogP contribution is 2.25. The molecule has 0 aliphatic heterocycles. The van der Waals surface area contributed by atoms with Gasteiger partial charge in [-0.2, -0.15) is 0 Å². The Morgan fingerprint density at radius 1 is 1.09 bits per heavy atom. The fourth-order valence-electron chi connectivity index (χ4n) is 2.27. The molecule has 0 aliphatic carbocycles. The molecule has 0 heterocycles. The Kier molecular flexibility index (Phi) is 5.66. The lowest BCUT2D eigenvalue weighted by Crippen LogP contribution is -2.32. The van der Waals surface area contributed by atoms with Crippen molar-refractivity contribution in [2.75, 3.05) is 6.54 Å². The standard InChI is InChI=1S/C17H20ClNO3/c1-11(7-12-5-6-15(20)16(21)8-12)19-10-17(22)13-3-2-4-14(18)9-13/h2-6,8-9,11,17,19-22H,7,10H2,1H3/t11-,17+/m1/s1. The minimum atomic E-state index is -0.630. The van der Waals surface area contributed by atoms with Gasteiger partial charge in [0.05, 0.1) is 6.10 Å². The Hall–Kier alpha value is -1.75. The molecule has 2 atom stereocenters. The van der Waals surface area contributed by atoms with E-state index in [0.29, 0.717) is 18.0 Å². The average molecular weight is 322 g/mol. The van der Waals surface area contributed by atoms with Gasteiger partial charge in [0.1, 0.15) is 0 Å². The number of benzene rings is 2. The Bertz CT molecular complexity index is 633. The zero-order valence-corrected chi connectivity index (χ0v) is 13.1. The van der Waals surface area contributed by atoms with E-state index in [1.165, 1.54) is 6.07 Å². The summed E-state index contributed by atoms with van der Waals surface area (Å²) in [6.45, 7) is 2.40. The number of aliphatic hydroxyl groups excluding tert-OH is 1. The molecule has 4 nitrogen and oxygen atoms in total. The molecule has 0 bridgehead atoms. The van der Waals surface area contributed by atoms with Gasteiger partial charge in [-0.25, -0.2) is 0 Å². The lowest BCUT2D eigenvalue weighted by Gasteiger charge is -2.18. The number of nitrogens with one attached hydrogen (secondary N) is 1. The van der Waals surface area contributed by atoms with Gasteiger partial charge in [0.15, 0.2) is 11.5 Å². The Morgan fingerprint density at radius 2 is 1.86 bits per heavy atom. The van der Waals surface area contributed by atoms with Gasteiger partial charge in [0, 0.05) is 17.6 Å². The second kappa shape index (κ2) is 7.49. The first-order valence-electron chi connectivity index (χ1n) is 7.13. The first-order valence-corrected chi connectivity index (χ1v) is 7.51. The van der Waals surface area contributed by atoms with Crippen LogP contribution in [0.5, 0.6) is 11.5 Å². The molecule has 0 fully saturated rings. The molecule has 2 rings (SSSR count). The van der Waals surface area contributed by atoms with Crippen LogP contribution in [0.2, 0.25) is 5.02 Å². The predicted octanol–water partition coefficient (Wildman–Crippen LogP) is 3.01. The first kappa shape index (κ1) is 16.6. The smallest absolute Gasteiger partial charge is 0.157 e. The number of hydrogen-bond acceptors (Lipinski definition) is 4. The summed E-state index contributed by atoms with van der Waals surface area (Å²) >= 11 is 5.91. The highest BCUT2D eigenvalue weighted by atomic mass is 35.5. The van der Waals surface area contributed by atoms with Crippen molar-refractivity contribution in [3.05, 3.63) is 58.6 Å². The zero-order chi connectivity index (χ0) is 16.1. The molecule has 0 radical (unpaired) electrons. The number of rotatable bonds is 6. The van der Waals surface area contributed by atoms with Crippen molar-refractivity contribution in [2.45, 2.75) is 25.5 Å². The fraction of sp³-hybridized carbons (Fsp3) is 0.294. The van der Waals surface area contributed by atoms with E-state index in [-0.39, 0.29) is 17.5 Å². The molecule has 0 spiro atoms. The Labute approximate surface area is 135 Å². The minimum absolute atomic E-state index is 0.109. The second-order valence-corrected chi connectivity index (χ2v) is 5.84. The molecule has 118 valence electrons. The topological polar surface area (TPSA) is 72.7 Å². The summed E-state index contributed by atoms with van der Waals surface area (Å²) in [6.07, 6.45) is 0.0465. The summed E-state index contributed by atoms with van der Waals surface area (Å²) in [6, 6.07) is 12.0. The maximum Gasteiger partial charge on any atom is 0.157 e. The molecule has 0 unspecified atom stereocenters. The zero-order valence-electron chi connectivity index (χ0n) is 12.3. The van der Waals surface area contributed by atoms with Crippen molar-refractivity contribution in [1.29, 1.82) is 0 Å². The molecule has 0 amide bonds. The summed E-state index contributed by atoms with van der Waals surface area (Å²) in [5.41, 5.74) is 1.68. The average Bonchev–Trinajstić information content (AvgIpc) is 2.48. The van der Waals surface area contributed by atoms with Gasteiger partial charge in [0.2, 0.25) is 0 Å². The lowest BCUT2D eigenvalue weighted by atomic mass is 10.1. The van der Waals surface area contributed by atoms with Crippen LogP contribution in [-0.2, 0) is 6.42 Å². The summed E-state index contributed by atoms with van der Waals surface area (Å²) in [4.78, 5) is 0. The van der Waals surface area contributed by atoms with Crippen LogP contribution in [0.1, 0.15) is 24.2 Å². The predicted molar refractivity (Wildman–Crippen MR) is 87.4 cm³/mol. The summed E-state index contributed by atoms with van der Waals surface area (Å²) in [5, 5.41) is 32.8. The fourth-order valence-corrected chi connectivity index (χ4v) is 2.46. The number of halogens is 1. The number of phenols is 2. The van der Waals surface area contributed by atoms with Gasteiger partial charge >= 0.3 is 0 Å². The third kappa shape index (κ3) is 4.63. The molecule has 0 saturated heterocycles. The third-order valence-corrected chi connectivity index (χ3v) is 3.71. The number of phenolic OH excluding ortho intramolecular Hbond substituents is 2.